The first-order valence-corrected chi connectivity index (χ1v) is 9.12. The van der Waals surface area contributed by atoms with Gasteiger partial charge in [0.05, 0.1) is 12.3 Å². The molecule has 1 atom stereocenters. The van der Waals surface area contributed by atoms with Crippen LogP contribution in [0, 0.1) is 5.92 Å². The van der Waals surface area contributed by atoms with E-state index in [0.29, 0.717) is 11.6 Å². The van der Waals surface area contributed by atoms with Crippen LogP contribution in [0.2, 0.25) is 5.02 Å². The van der Waals surface area contributed by atoms with Gasteiger partial charge in [-0.1, -0.05) is 54.9 Å². The number of fused-ring (bicyclic) bond motifs is 1. The number of carboxylic acids is 1. The fourth-order valence-electron chi connectivity index (χ4n) is 3.05. The van der Waals surface area contributed by atoms with Crippen molar-refractivity contribution in [3.8, 4) is 0 Å². The minimum absolute atomic E-state index is 0.109. The predicted octanol–water partition coefficient (Wildman–Crippen LogP) is 4.11. The molecule has 3 aromatic rings. The van der Waals surface area contributed by atoms with E-state index in [-0.39, 0.29) is 18.9 Å². The van der Waals surface area contributed by atoms with E-state index in [9.17, 15) is 14.7 Å². The molecule has 0 bridgehead atoms. The summed E-state index contributed by atoms with van der Waals surface area (Å²) in [5, 5.41) is 10.8. The lowest BCUT2D eigenvalue weighted by molar-refractivity contribution is -0.143. The van der Waals surface area contributed by atoms with Crippen LogP contribution in [0.3, 0.4) is 0 Å². The summed E-state index contributed by atoms with van der Waals surface area (Å²) in [5.74, 6) is -1.66. The number of H-pyrrole nitrogens is 1. The highest BCUT2D eigenvalue weighted by atomic mass is 35.5. The molecule has 0 saturated heterocycles. The fraction of sp³-hybridized carbons (Fsp3) is 0.238. The lowest BCUT2D eigenvalue weighted by atomic mass is 10.1. The molecule has 6 heteroatoms. The largest absolute Gasteiger partial charge is 0.481 e. The first-order valence-electron chi connectivity index (χ1n) is 8.74. The van der Waals surface area contributed by atoms with Gasteiger partial charge in [-0.25, -0.2) is 0 Å². The fourth-order valence-corrected chi connectivity index (χ4v) is 3.22. The van der Waals surface area contributed by atoms with Gasteiger partial charge in [0.25, 0.3) is 0 Å². The number of carbonyl (C=O) groups excluding carboxylic acids is 1. The quantitative estimate of drug-likeness (QED) is 0.643. The molecule has 0 saturated carbocycles. The molecule has 0 spiro atoms. The van der Waals surface area contributed by atoms with Crippen LogP contribution in [0.5, 0.6) is 0 Å². The second kappa shape index (κ2) is 8.27. The molecular formula is C21H21ClN2O3. The first kappa shape index (κ1) is 19.0. The number of nitrogens with zero attached hydrogens (tertiary/aromatic N) is 1. The first-order chi connectivity index (χ1) is 12.9. The number of hydrogen-bond acceptors (Lipinski definition) is 2. The third-order valence-electron chi connectivity index (χ3n) is 4.56. The van der Waals surface area contributed by atoms with Gasteiger partial charge in [0.15, 0.2) is 0 Å². The van der Waals surface area contributed by atoms with Gasteiger partial charge >= 0.3 is 5.97 Å². The molecule has 0 aliphatic carbocycles. The lowest BCUT2D eigenvalue weighted by Crippen LogP contribution is -2.37. The van der Waals surface area contributed by atoms with Gasteiger partial charge in [-0.2, -0.15) is 0 Å². The van der Waals surface area contributed by atoms with Crippen molar-refractivity contribution in [2.24, 2.45) is 5.92 Å². The molecule has 2 aromatic carbocycles. The summed E-state index contributed by atoms with van der Waals surface area (Å²) in [7, 11) is 0. The average Bonchev–Trinajstić information content (AvgIpc) is 3.03. The number of hydrogen-bond donors (Lipinski definition) is 2. The highest BCUT2D eigenvalue weighted by Gasteiger charge is 2.22. The third kappa shape index (κ3) is 4.68. The van der Waals surface area contributed by atoms with Crippen molar-refractivity contribution >= 4 is 34.4 Å². The summed E-state index contributed by atoms with van der Waals surface area (Å²) in [5.41, 5.74) is 2.71. The standard InChI is InChI=1S/C21H21ClN2O3/c1-14(21(26)27)12-24(13-15-5-3-2-4-6-15)20(25)9-16-11-23-19-10-17(22)7-8-18(16)19/h2-8,10-11,14,23H,9,12-13H2,1H3,(H,26,27). The second-order valence-electron chi connectivity index (χ2n) is 6.68. The van der Waals surface area contributed by atoms with Gasteiger partial charge < -0.3 is 15.0 Å². The summed E-state index contributed by atoms with van der Waals surface area (Å²) in [6.07, 6.45) is 2.00. The Morgan fingerprint density at radius 1 is 1.19 bits per heavy atom. The molecule has 0 fully saturated rings. The van der Waals surface area contributed by atoms with Gasteiger partial charge in [0, 0.05) is 35.2 Å². The predicted molar refractivity (Wildman–Crippen MR) is 106 cm³/mol. The Kier molecular flexibility index (Phi) is 5.81. The van der Waals surface area contributed by atoms with Crippen LogP contribution >= 0.6 is 11.6 Å². The van der Waals surface area contributed by atoms with E-state index in [1.807, 2.05) is 42.5 Å². The Morgan fingerprint density at radius 2 is 1.93 bits per heavy atom. The minimum atomic E-state index is -0.914. The summed E-state index contributed by atoms with van der Waals surface area (Å²) >= 11 is 6.01. The van der Waals surface area contributed by atoms with Crippen LogP contribution < -0.4 is 0 Å². The van der Waals surface area contributed by atoms with Gasteiger partial charge in [0.2, 0.25) is 5.91 Å². The summed E-state index contributed by atoms with van der Waals surface area (Å²) < 4.78 is 0. The molecule has 3 rings (SSSR count). The smallest absolute Gasteiger partial charge is 0.308 e. The van der Waals surface area contributed by atoms with Crippen molar-refractivity contribution in [2.45, 2.75) is 19.9 Å². The zero-order chi connectivity index (χ0) is 19.4. The van der Waals surface area contributed by atoms with E-state index in [1.54, 1.807) is 24.1 Å². The molecule has 1 heterocycles. The molecule has 1 aromatic heterocycles. The Balaban J connectivity index is 1.81. The highest BCUT2D eigenvalue weighted by molar-refractivity contribution is 6.31. The molecular weight excluding hydrogens is 364 g/mol. The van der Waals surface area contributed by atoms with Crippen LogP contribution in [-0.2, 0) is 22.6 Å². The number of benzene rings is 2. The minimum Gasteiger partial charge on any atom is -0.481 e. The maximum atomic E-state index is 13.0. The van der Waals surface area contributed by atoms with E-state index < -0.39 is 11.9 Å². The van der Waals surface area contributed by atoms with Crippen molar-refractivity contribution < 1.29 is 14.7 Å². The third-order valence-corrected chi connectivity index (χ3v) is 4.79. The molecule has 2 N–H and O–H groups in total. The van der Waals surface area contributed by atoms with E-state index in [2.05, 4.69) is 4.98 Å². The molecule has 0 aliphatic rings. The van der Waals surface area contributed by atoms with Gasteiger partial charge in [-0.05, 0) is 23.3 Å². The number of halogens is 1. The number of aliphatic carboxylic acids is 1. The normalized spacial score (nSPS) is 12.1. The number of rotatable bonds is 7. The van der Waals surface area contributed by atoms with E-state index >= 15 is 0 Å². The van der Waals surface area contributed by atoms with Crippen LogP contribution in [0.1, 0.15) is 18.1 Å². The molecule has 27 heavy (non-hydrogen) atoms. The van der Waals surface area contributed by atoms with Gasteiger partial charge in [-0.3, -0.25) is 9.59 Å². The van der Waals surface area contributed by atoms with Crippen LogP contribution in [0.25, 0.3) is 10.9 Å². The van der Waals surface area contributed by atoms with Gasteiger partial charge in [0.1, 0.15) is 0 Å². The molecule has 0 radical (unpaired) electrons. The van der Waals surface area contributed by atoms with Crippen molar-refractivity contribution in [1.82, 2.24) is 9.88 Å². The second-order valence-corrected chi connectivity index (χ2v) is 7.12. The number of nitrogens with one attached hydrogen (secondary N) is 1. The zero-order valence-corrected chi connectivity index (χ0v) is 15.7. The Morgan fingerprint density at radius 3 is 2.63 bits per heavy atom. The molecule has 5 nitrogen and oxygen atoms in total. The summed E-state index contributed by atoms with van der Waals surface area (Å²) in [4.78, 5) is 29.0. The maximum Gasteiger partial charge on any atom is 0.308 e. The van der Waals surface area contributed by atoms with Crippen molar-refractivity contribution in [2.75, 3.05) is 6.54 Å². The highest BCUT2D eigenvalue weighted by Crippen LogP contribution is 2.23. The van der Waals surface area contributed by atoms with E-state index in [4.69, 9.17) is 11.6 Å². The Bertz CT molecular complexity index is 952. The molecule has 140 valence electrons. The van der Waals surface area contributed by atoms with Crippen molar-refractivity contribution in [1.29, 1.82) is 0 Å². The zero-order valence-electron chi connectivity index (χ0n) is 15.0. The maximum absolute atomic E-state index is 13.0. The molecule has 1 unspecified atom stereocenters. The monoisotopic (exact) mass is 384 g/mol. The number of carboxylic acid groups (broad SMARTS) is 1. The number of amides is 1. The summed E-state index contributed by atoms with van der Waals surface area (Å²) in [6.45, 7) is 2.16. The average molecular weight is 385 g/mol. The number of aromatic amines is 1. The SMILES string of the molecule is CC(CN(Cc1ccccc1)C(=O)Cc1c[nH]c2cc(Cl)ccc12)C(=O)O. The topological polar surface area (TPSA) is 73.4 Å². The van der Waals surface area contributed by atoms with Crippen LogP contribution in [0.4, 0.5) is 0 Å². The van der Waals surface area contributed by atoms with E-state index in [1.165, 1.54) is 0 Å². The summed E-state index contributed by atoms with van der Waals surface area (Å²) in [6, 6.07) is 15.1. The lowest BCUT2D eigenvalue weighted by Gasteiger charge is -2.25. The van der Waals surface area contributed by atoms with E-state index in [0.717, 1.165) is 22.0 Å². The Labute approximate surface area is 162 Å². The molecule has 0 aliphatic heterocycles. The van der Waals surface area contributed by atoms with Crippen molar-refractivity contribution in [3.05, 3.63) is 70.9 Å². The van der Waals surface area contributed by atoms with Crippen LogP contribution in [0.15, 0.2) is 54.7 Å². The Hall–Kier alpha value is -2.79. The molecule has 1 amide bonds. The van der Waals surface area contributed by atoms with Crippen molar-refractivity contribution in [3.63, 3.8) is 0 Å². The number of aromatic nitrogens is 1. The van der Waals surface area contributed by atoms with Crippen LogP contribution in [-0.4, -0.2) is 33.4 Å². The van der Waals surface area contributed by atoms with Gasteiger partial charge in [-0.15, -0.1) is 0 Å². The number of carbonyl (C=O) groups is 2.